The fourth-order valence-corrected chi connectivity index (χ4v) is 23.3. The fourth-order valence-electron chi connectivity index (χ4n) is 6.24. The average Bonchev–Trinajstić information content (AvgIpc) is 3.07. The van der Waals surface area contributed by atoms with Crippen LogP contribution in [0.25, 0.3) is 3.59 Å². The molecule has 0 saturated carbocycles. The van der Waals surface area contributed by atoms with E-state index in [-0.39, 0.29) is 5.97 Å². The van der Waals surface area contributed by atoms with Gasteiger partial charge in [-0.15, -0.1) is 0 Å². The number of nitrogens with zero attached hydrogens (tertiary/aromatic N) is 1. The Morgan fingerprint density at radius 2 is 1.20 bits per heavy atom. The number of unbranched alkanes of at least 4 members (excludes halogenated alkanes) is 3. The summed E-state index contributed by atoms with van der Waals surface area (Å²) >= 11 is -2.89. The third kappa shape index (κ3) is 10.2. The maximum absolute atomic E-state index is 13.4. The van der Waals surface area contributed by atoms with Crippen LogP contribution in [-0.2, 0) is 9.53 Å². The summed E-state index contributed by atoms with van der Waals surface area (Å²) in [5.74, 6) is 0.217. The van der Waals surface area contributed by atoms with Crippen LogP contribution in [0.5, 0.6) is 0 Å². The van der Waals surface area contributed by atoms with E-state index in [0.717, 1.165) is 16.8 Å². The number of hydrogen-bond donors (Lipinski definition) is 0. The van der Waals surface area contributed by atoms with Gasteiger partial charge in [-0.25, -0.2) is 0 Å². The second kappa shape index (κ2) is 19.0. The van der Waals surface area contributed by atoms with E-state index in [0.29, 0.717) is 12.3 Å². The van der Waals surface area contributed by atoms with E-state index in [2.05, 4.69) is 89.2 Å². The molecule has 3 aromatic rings. The summed E-state index contributed by atoms with van der Waals surface area (Å²) in [7, 11) is 1.48. The van der Waals surface area contributed by atoms with E-state index in [1.807, 2.05) is 36.4 Å². The van der Waals surface area contributed by atoms with Crippen LogP contribution >= 0.6 is 0 Å². The van der Waals surface area contributed by atoms with Crippen molar-refractivity contribution in [3.8, 4) is 0 Å². The van der Waals surface area contributed by atoms with Crippen molar-refractivity contribution >= 4 is 33.6 Å². The van der Waals surface area contributed by atoms with Crippen molar-refractivity contribution in [1.82, 2.24) is 0 Å². The fraction of sp³-hybridized carbons (Fsp3) is 0.450. The number of aliphatic imine (C=N–C) groups is 1. The molecule has 0 spiro atoms. The first-order valence-corrected chi connectivity index (χ1v) is 24.4. The third-order valence-electron chi connectivity index (χ3n) is 8.88. The van der Waals surface area contributed by atoms with Crippen molar-refractivity contribution in [2.75, 3.05) is 7.11 Å². The number of rotatable bonds is 18. The summed E-state index contributed by atoms with van der Waals surface area (Å²) in [4.78, 5) is 18.6. The minimum atomic E-state index is -2.89. The van der Waals surface area contributed by atoms with Crippen molar-refractivity contribution < 1.29 is 9.53 Å². The van der Waals surface area contributed by atoms with Crippen LogP contribution in [-0.4, -0.2) is 43.2 Å². The van der Waals surface area contributed by atoms with Crippen LogP contribution < -0.4 is 0 Å². The molecule has 1 atom stereocenters. The van der Waals surface area contributed by atoms with Crippen LogP contribution in [0.3, 0.4) is 0 Å². The maximum atomic E-state index is 13.4. The van der Waals surface area contributed by atoms with Gasteiger partial charge in [0.05, 0.1) is 0 Å². The van der Waals surface area contributed by atoms with Crippen molar-refractivity contribution in [3.63, 3.8) is 0 Å². The molecule has 3 aromatic carbocycles. The molecule has 0 saturated heterocycles. The van der Waals surface area contributed by atoms with E-state index in [1.165, 1.54) is 70.1 Å². The first-order chi connectivity index (χ1) is 21.4. The summed E-state index contributed by atoms with van der Waals surface area (Å²) in [6.07, 6.45) is 10.5. The Morgan fingerprint density at radius 1 is 0.727 bits per heavy atom. The molecule has 4 heteroatoms. The van der Waals surface area contributed by atoms with E-state index in [1.54, 1.807) is 3.59 Å². The normalized spacial score (nSPS) is 12.7. The molecule has 0 aromatic heterocycles. The molecule has 0 fully saturated rings. The third-order valence-corrected chi connectivity index (χ3v) is 24.8. The first kappa shape index (κ1) is 35.8. The Bertz CT molecular complexity index is 1250. The van der Waals surface area contributed by atoms with Crippen LogP contribution in [0.2, 0.25) is 13.3 Å². The molecule has 0 radical (unpaired) electrons. The Hall–Kier alpha value is -2.66. The number of methoxy groups -OCH3 is 1. The molecule has 44 heavy (non-hydrogen) atoms. The van der Waals surface area contributed by atoms with Gasteiger partial charge in [-0.3, -0.25) is 0 Å². The standard InChI is InChI=1S/C28H28NO2.3C4H9.Sn/c1-21(2)23-19-17-22(18-20-23)11-10-16-26(28(30)31-3)29-27(24-12-6-4-7-13-24)25-14-8-5-9-15-25;3*1-3-4-2;/h4-10,12-15,17-21,26H,16H2,1-3H3;3*1,3-4H2,2H3;. The van der Waals surface area contributed by atoms with Crippen molar-refractivity contribution in [3.05, 3.63) is 113 Å². The Labute approximate surface area is 272 Å². The molecule has 0 aliphatic carbocycles. The van der Waals surface area contributed by atoms with E-state index >= 15 is 0 Å². The quantitative estimate of drug-likeness (QED) is 0.0753. The Morgan fingerprint density at radius 3 is 1.61 bits per heavy atom. The summed E-state index contributed by atoms with van der Waals surface area (Å²) in [6, 6.07) is 29.2. The zero-order valence-electron chi connectivity index (χ0n) is 28.1. The number of ether oxygens (including phenoxy) is 1. The molecule has 0 heterocycles. The molecule has 0 N–H and O–H groups in total. The van der Waals surface area contributed by atoms with Gasteiger partial charge in [-0.05, 0) is 0 Å². The SMILES string of the molecule is CCC[CH2][Sn]([CH2]CCC)([CH2]CCC)/[C](=C/CC(N=C(c1ccccc1)c1ccccc1)C(=O)OC)c1ccc(C(C)C)cc1. The number of carbonyl (C=O) groups excluding carboxylic acids is 1. The van der Waals surface area contributed by atoms with E-state index in [4.69, 9.17) is 9.73 Å². The number of esters is 1. The Balaban J connectivity index is 2.20. The molecule has 1 unspecified atom stereocenters. The topological polar surface area (TPSA) is 38.7 Å². The predicted molar refractivity (Wildman–Crippen MR) is 192 cm³/mol. The van der Waals surface area contributed by atoms with Crippen LogP contribution in [0.15, 0.2) is 96.0 Å². The molecule has 0 bridgehead atoms. The summed E-state index contributed by atoms with van der Waals surface area (Å²) in [6.45, 7) is 11.5. The summed E-state index contributed by atoms with van der Waals surface area (Å²) in [5, 5.41) is 0. The molecule has 3 rings (SSSR count). The molecule has 3 nitrogen and oxygen atoms in total. The van der Waals surface area contributed by atoms with E-state index < -0.39 is 24.4 Å². The molecular weight excluding hydrogens is 645 g/mol. The van der Waals surface area contributed by atoms with Gasteiger partial charge in [0.25, 0.3) is 0 Å². The van der Waals surface area contributed by atoms with Gasteiger partial charge in [-0.2, -0.15) is 0 Å². The predicted octanol–water partition coefficient (Wildman–Crippen LogP) is 11.1. The van der Waals surface area contributed by atoms with Gasteiger partial charge in [0.2, 0.25) is 0 Å². The van der Waals surface area contributed by atoms with Gasteiger partial charge < -0.3 is 0 Å². The molecule has 236 valence electrons. The zero-order chi connectivity index (χ0) is 31.8. The van der Waals surface area contributed by atoms with Gasteiger partial charge in [0.15, 0.2) is 0 Å². The second-order valence-electron chi connectivity index (χ2n) is 12.5. The van der Waals surface area contributed by atoms with Gasteiger partial charge in [0.1, 0.15) is 0 Å². The van der Waals surface area contributed by atoms with Crippen LogP contribution in [0.4, 0.5) is 0 Å². The zero-order valence-corrected chi connectivity index (χ0v) is 31.0. The van der Waals surface area contributed by atoms with Crippen molar-refractivity contribution in [2.45, 2.75) is 105 Å². The summed E-state index contributed by atoms with van der Waals surface area (Å²) < 4.78 is 11.1. The van der Waals surface area contributed by atoms with Crippen LogP contribution in [0.1, 0.15) is 108 Å². The van der Waals surface area contributed by atoms with E-state index in [9.17, 15) is 4.79 Å². The second-order valence-corrected chi connectivity index (χ2v) is 25.6. The minimum absolute atomic E-state index is 0.281. The molecule has 0 aliphatic rings. The van der Waals surface area contributed by atoms with Gasteiger partial charge in [-0.1, -0.05) is 0 Å². The number of hydrogen-bond acceptors (Lipinski definition) is 3. The molecule has 0 amide bonds. The van der Waals surface area contributed by atoms with Crippen molar-refractivity contribution in [1.29, 1.82) is 0 Å². The Kier molecular flexibility index (Phi) is 15.5. The van der Waals surface area contributed by atoms with Crippen LogP contribution in [0, 0.1) is 0 Å². The summed E-state index contributed by atoms with van der Waals surface area (Å²) in [5.41, 5.74) is 5.58. The van der Waals surface area contributed by atoms with Crippen molar-refractivity contribution in [2.24, 2.45) is 4.99 Å². The molecular formula is C40H55NO2Sn. The first-order valence-electron chi connectivity index (χ1n) is 17.0. The molecule has 0 aliphatic heterocycles. The monoisotopic (exact) mass is 701 g/mol. The average molecular weight is 701 g/mol. The van der Waals surface area contributed by atoms with Gasteiger partial charge >= 0.3 is 273 Å². The number of carbonyl (C=O) groups is 1. The number of benzene rings is 3. The van der Waals surface area contributed by atoms with Gasteiger partial charge in [0, 0.05) is 0 Å².